The molecule has 3 aromatic carbocycles. The highest BCUT2D eigenvalue weighted by Crippen LogP contribution is 2.27. The summed E-state index contributed by atoms with van der Waals surface area (Å²) in [6, 6.07) is 23.5. The maximum absolute atomic E-state index is 12.8. The first kappa shape index (κ1) is 18.7. The van der Waals surface area contributed by atoms with E-state index >= 15 is 0 Å². The Bertz CT molecular complexity index is 1150. The predicted molar refractivity (Wildman–Crippen MR) is 116 cm³/mol. The maximum Gasteiger partial charge on any atom is 0.244 e. The van der Waals surface area contributed by atoms with Gasteiger partial charge in [0.25, 0.3) is 0 Å². The minimum Gasteiger partial charge on any atom is -0.497 e. The van der Waals surface area contributed by atoms with Crippen molar-refractivity contribution in [1.82, 2.24) is 9.55 Å². The van der Waals surface area contributed by atoms with Crippen molar-refractivity contribution in [2.45, 2.75) is 19.9 Å². The molecule has 4 rings (SSSR count). The molecular formula is C24H23N3O2. The molecule has 146 valence electrons. The lowest BCUT2D eigenvalue weighted by atomic mass is 10.1. The number of nitrogens with one attached hydrogen (secondary N) is 1. The van der Waals surface area contributed by atoms with Gasteiger partial charge in [-0.3, -0.25) is 4.79 Å². The Hall–Kier alpha value is -3.60. The summed E-state index contributed by atoms with van der Waals surface area (Å²) < 4.78 is 7.30. The van der Waals surface area contributed by atoms with Crippen molar-refractivity contribution in [3.8, 4) is 17.1 Å². The van der Waals surface area contributed by atoms with Crippen LogP contribution in [0.5, 0.6) is 5.75 Å². The van der Waals surface area contributed by atoms with Gasteiger partial charge in [-0.25, -0.2) is 4.98 Å². The van der Waals surface area contributed by atoms with Gasteiger partial charge in [-0.05, 0) is 48.4 Å². The number of benzene rings is 3. The van der Waals surface area contributed by atoms with Gasteiger partial charge in [0.1, 0.15) is 18.1 Å². The molecule has 1 heterocycles. The van der Waals surface area contributed by atoms with E-state index in [1.54, 1.807) is 7.11 Å². The molecule has 0 saturated carbocycles. The molecule has 5 nitrogen and oxygen atoms in total. The summed E-state index contributed by atoms with van der Waals surface area (Å²) in [6.45, 7) is 2.28. The van der Waals surface area contributed by atoms with Crippen LogP contribution in [0.25, 0.3) is 22.4 Å². The van der Waals surface area contributed by atoms with Gasteiger partial charge in [0.2, 0.25) is 5.91 Å². The fourth-order valence-corrected chi connectivity index (χ4v) is 3.39. The van der Waals surface area contributed by atoms with Crippen LogP contribution >= 0.6 is 0 Å². The van der Waals surface area contributed by atoms with E-state index in [-0.39, 0.29) is 12.5 Å². The van der Waals surface area contributed by atoms with Crippen LogP contribution in [0.4, 0.5) is 5.69 Å². The Balaban J connectivity index is 1.67. The second kappa shape index (κ2) is 8.19. The lowest BCUT2D eigenvalue weighted by molar-refractivity contribution is -0.116. The number of carbonyl (C=O) groups is 1. The summed E-state index contributed by atoms with van der Waals surface area (Å²) >= 11 is 0. The van der Waals surface area contributed by atoms with Crippen molar-refractivity contribution in [3.63, 3.8) is 0 Å². The molecule has 0 fully saturated rings. The second-order valence-corrected chi connectivity index (χ2v) is 6.84. The molecule has 29 heavy (non-hydrogen) atoms. The standard InChI is InChI=1S/C24H23N3O2/c1-3-17-11-13-19(14-12-17)25-23(28)16-27-22-10-5-4-9-21(22)26-24(27)18-7-6-8-20(15-18)29-2/h4-15H,3,16H2,1-2H3,(H,25,28). The number of aryl methyl sites for hydroxylation is 1. The van der Waals surface area contributed by atoms with Gasteiger partial charge < -0.3 is 14.6 Å². The highest BCUT2D eigenvalue weighted by atomic mass is 16.5. The van der Waals surface area contributed by atoms with Crippen molar-refractivity contribution >= 4 is 22.6 Å². The van der Waals surface area contributed by atoms with E-state index < -0.39 is 0 Å². The molecule has 0 aliphatic rings. The number of hydrogen-bond donors (Lipinski definition) is 1. The van der Waals surface area contributed by atoms with Gasteiger partial charge in [-0.1, -0.05) is 43.3 Å². The van der Waals surface area contributed by atoms with E-state index in [0.29, 0.717) is 0 Å². The molecule has 0 radical (unpaired) electrons. The number of para-hydroxylation sites is 2. The first-order valence-corrected chi connectivity index (χ1v) is 9.66. The fraction of sp³-hybridized carbons (Fsp3) is 0.167. The Kier molecular flexibility index (Phi) is 5.29. The lowest BCUT2D eigenvalue weighted by Gasteiger charge is -2.11. The molecule has 1 amide bonds. The van der Waals surface area contributed by atoms with Gasteiger partial charge in [0.15, 0.2) is 0 Å². The summed E-state index contributed by atoms with van der Waals surface area (Å²) in [7, 11) is 1.64. The zero-order valence-corrected chi connectivity index (χ0v) is 16.6. The average molecular weight is 385 g/mol. The minimum absolute atomic E-state index is 0.0958. The summed E-state index contributed by atoms with van der Waals surface area (Å²) in [4.78, 5) is 17.6. The number of anilines is 1. The van der Waals surface area contributed by atoms with E-state index in [0.717, 1.165) is 40.3 Å². The van der Waals surface area contributed by atoms with E-state index in [1.165, 1.54) is 5.56 Å². The van der Waals surface area contributed by atoms with Crippen LogP contribution < -0.4 is 10.1 Å². The summed E-state index contributed by atoms with van der Waals surface area (Å²) in [6.07, 6.45) is 0.971. The number of aromatic nitrogens is 2. The molecule has 0 saturated heterocycles. The SMILES string of the molecule is CCc1ccc(NC(=O)Cn2c(-c3cccc(OC)c3)nc3ccccc32)cc1. The summed E-state index contributed by atoms with van der Waals surface area (Å²) in [5.74, 6) is 1.39. The first-order chi connectivity index (χ1) is 14.2. The molecule has 0 unspecified atom stereocenters. The predicted octanol–water partition coefficient (Wildman–Crippen LogP) is 4.91. The van der Waals surface area contributed by atoms with Crippen LogP contribution in [0, 0.1) is 0 Å². The smallest absolute Gasteiger partial charge is 0.244 e. The van der Waals surface area contributed by atoms with Gasteiger partial charge in [-0.15, -0.1) is 0 Å². The second-order valence-electron chi connectivity index (χ2n) is 6.84. The Morgan fingerprint density at radius 2 is 1.83 bits per heavy atom. The first-order valence-electron chi connectivity index (χ1n) is 9.66. The number of nitrogens with zero attached hydrogens (tertiary/aromatic N) is 2. The lowest BCUT2D eigenvalue weighted by Crippen LogP contribution is -2.19. The quantitative estimate of drug-likeness (QED) is 0.513. The van der Waals surface area contributed by atoms with E-state index in [1.807, 2.05) is 77.4 Å². The van der Waals surface area contributed by atoms with Crippen LogP contribution in [0.15, 0.2) is 72.8 Å². The zero-order chi connectivity index (χ0) is 20.2. The average Bonchev–Trinajstić information content (AvgIpc) is 3.12. The summed E-state index contributed by atoms with van der Waals surface area (Å²) in [5.41, 5.74) is 4.70. The fourth-order valence-electron chi connectivity index (χ4n) is 3.39. The number of hydrogen-bond acceptors (Lipinski definition) is 3. The third kappa shape index (κ3) is 3.99. The molecule has 5 heteroatoms. The number of methoxy groups -OCH3 is 1. The van der Waals surface area contributed by atoms with Crippen molar-refractivity contribution < 1.29 is 9.53 Å². The molecule has 0 aliphatic heterocycles. The zero-order valence-electron chi connectivity index (χ0n) is 16.6. The number of imidazole rings is 1. The van der Waals surface area contributed by atoms with Crippen LogP contribution in [0.2, 0.25) is 0 Å². The van der Waals surface area contributed by atoms with Gasteiger partial charge in [-0.2, -0.15) is 0 Å². The number of carbonyl (C=O) groups excluding carboxylic acids is 1. The van der Waals surface area contributed by atoms with Gasteiger partial charge in [0, 0.05) is 11.3 Å². The highest BCUT2D eigenvalue weighted by Gasteiger charge is 2.16. The molecule has 1 N–H and O–H groups in total. The maximum atomic E-state index is 12.8. The van der Waals surface area contributed by atoms with Gasteiger partial charge in [0.05, 0.1) is 18.1 Å². The number of rotatable bonds is 6. The normalized spacial score (nSPS) is 10.8. The van der Waals surface area contributed by atoms with E-state index in [2.05, 4.69) is 12.2 Å². The Morgan fingerprint density at radius 3 is 2.59 bits per heavy atom. The van der Waals surface area contributed by atoms with Crippen LogP contribution in [-0.2, 0) is 17.8 Å². The number of amides is 1. The third-order valence-electron chi connectivity index (χ3n) is 4.93. The van der Waals surface area contributed by atoms with Crippen molar-refractivity contribution in [2.24, 2.45) is 0 Å². The molecule has 0 bridgehead atoms. The molecule has 0 aliphatic carbocycles. The molecule has 1 aromatic heterocycles. The van der Waals surface area contributed by atoms with E-state index in [4.69, 9.17) is 9.72 Å². The Labute approximate surface area is 170 Å². The van der Waals surface area contributed by atoms with Crippen molar-refractivity contribution in [2.75, 3.05) is 12.4 Å². The van der Waals surface area contributed by atoms with Crippen LogP contribution in [-0.4, -0.2) is 22.6 Å². The molecular weight excluding hydrogens is 362 g/mol. The van der Waals surface area contributed by atoms with Crippen molar-refractivity contribution in [1.29, 1.82) is 0 Å². The topological polar surface area (TPSA) is 56.2 Å². The number of ether oxygens (including phenoxy) is 1. The molecule has 0 spiro atoms. The Morgan fingerprint density at radius 1 is 1.03 bits per heavy atom. The van der Waals surface area contributed by atoms with E-state index in [9.17, 15) is 4.79 Å². The highest BCUT2D eigenvalue weighted by molar-refractivity contribution is 5.92. The molecule has 0 atom stereocenters. The minimum atomic E-state index is -0.0958. The number of fused-ring (bicyclic) bond motifs is 1. The largest absolute Gasteiger partial charge is 0.497 e. The van der Waals surface area contributed by atoms with Crippen LogP contribution in [0.1, 0.15) is 12.5 Å². The van der Waals surface area contributed by atoms with Gasteiger partial charge >= 0.3 is 0 Å². The molecule has 4 aromatic rings. The third-order valence-corrected chi connectivity index (χ3v) is 4.93. The summed E-state index contributed by atoms with van der Waals surface area (Å²) in [5, 5.41) is 2.99. The van der Waals surface area contributed by atoms with Crippen molar-refractivity contribution in [3.05, 3.63) is 78.4 Å². The monoisotopic (exact) mass is 385 g/mol. The van der Waals surface area contributed by atoms with Crippen LogP contribution in [0.3, 0.4) is 0 Å².